The minimum Gasteiger partial charge on any atom is -0.351 e. The third-order valence-electron chi connectivity index (χ3n) is 3.59. The fourth-order valence-electron chi connectivity index (χ4n) is 2.09. The average Bonchev–Trinajstić information content (AvgIpc) is 3.03. The van der Waals surface area contributed by atoms with Gasteiger partial charge in [0.15, 0.2) is 0 Å². The molecular weight excluding hydrogens is 188 g/mol. The van der Waals surface area contributed by atoms with Gasteiger partial charge in [0.2, 0.25) is 5.91 Å². The molecule has 0 spiro atoms. The first-order valence-corrected chi connectivity index (χ1v) is 6.15. The maximum absolute atomic E-state index is 11.8. The summed E-state index contributed by atoms with van der Waals surface area (Å²) in [5.74, 6) is 1.78. The van der Waals surface area contributed by atoms with E-state index in [2.05, 4.69) is 5.32 Å². The first-order chi connectivity index (χ1) is 7.09. The van der Waals surface area contributed by atoms with Crippen LogP contribution in [0.4, 0.5) is 0 Å². The van der Waals surface area contributed by atoms with E-state index in [-0.39, 0.29) is 17.9 Å². The molecular formula is C12H22N2O. The molecule has 0 bridgehead atoms. The Morgan fingerprint density at radius 1 is 1.20 bits per heavy atom. The standard InChI is InChI=1S/C12H22N2O/c1-7(2)10(13)12(15)14-11(8-3-4-8)9-5-6-9/h7-11H,3-6,13H2,1-2H3,(H,14,15)/t10-/m1/s1. The fraction of sp³-hybridized carbons (Fsp3) is 0.917. The molecule has 3 nitrogen and oxygen atoms in total. The van der Waals surface area contributed by atoms with Gasteiger partial charge in [-0.3, -0.25) is 4.79 Å². The predicted octanol–water partition coefficient (Wildman–Crippen LogP) is 1.27. The number of carbonyl (C=O) groups is 1. The first kappa shape index (κ1) is 10.9. The largest absolute Gasteiger partial charge is 0.351 e. The summed E-state index contributed by atoms with van der Waals surface area (Å²) < 4.78 is 0. The second-order valence-electron chi connectivity index (χ2n) is 5.48. The Morgan fingerprint density at radius 2 is 1.67 bits per heavy atom. The molecule has 0 radical (unpaired) electrons. The van der Waals surface area contributed by atoms with Crippen molar-refractivity contribution in [3.8, 4) is 0 Å². The molecule has 86 valence electrons. The molecule has 0 aromatic heterocycles. The lowest BCUT2D eigenvalue weighted by molar-refractivity contribution is -0.124. The molecule has 0 unspecified atom stereocenters. The van der Waals surface area contributed by atoms with Crippen LogP contribution in [0.25, 0.3) is 0 Å². The van der Waals surface area contributed by atoms with Gasteiger partial charge >= 0.3 is 0 Å². The number of amides is 1. The lowest BCUT2D eigenvalue weighted by Crippen LogP contribution is -2.49. The van der Waals surface area contributed by atoms with Crippen LogP contribution >= 0.6 is 0 Å². The van der Waals surface area contributed by atoms with Gasteiger partial charge in [-0.15, -0.1) is 0 Å². The van der Waals surface area contributed by atoms with E-state index in [0.29, 0.717) is 6.04 Å². The third-order valence-corrected chi connectivity index (χ3v) is 3.59. The van der Waals surface area contributed by atoms with E-state index in [1.54, 1.807) is 0 Å². The van der Waals surface area contributed by atoms with Crippen molar-refractivity contribution >= 4 is 5.91 Å². The van der Waals surface area contributed by atoms with Crippen LogP contribution in [0, 0.1) is 17.8 Å². The maximum atomic E-state index is 11.8. The lowest BCUT2D eigenvalue weighted by atomic mass is 10.0. The number of rotatable bonds is 5. The summed E-state index contributed by atoms with van der Waals surface area (Å²) in [5, 5.41) is 3.16. The van der Waals surface area contributed by atoms with E-state index in [9.17, 15) is 4.79 Å². The van der Waals surface area contributed by atoms with Gasteiger partial charge < -0.3 is 11.1 Å². The highest BCUT2D eigenvalue weighted by Crippen LogP contribution is 2.44. The Balaban J connectivity index is 1.85. The molecule has 2 fully saturated rings. The van der Waals surface area contributed by atoms with Crippen LogP contribution in [0.5, 0.6) is 0 Å². The zero-order chi connectivity index (χ0) is 11.0. The summed E-state index contributed by atoms with van der Waals surface area (Å²) in [4.78, 5) is 11.8. The van der Waals surface area contributed by atoms with E-state index in [1.807, 2.05) is 13.8 Å². The number of hydrogen-bond donors (Lipinski definition) is 2. The Kier molecular flexibility index (Phi) is 3.01. The smallest absolute Gasteiger partial charge is 0.237 e. The molecule has 0 saturated heterocycles. The van der Waals surface area contributed by atoms with Crippen LogP contribution in [0.2, 0.25) is 0 Å². The summed E-state index contributed by atoms with van der Waals surface area (Å²) in [6.07, 6.45) is 5.16. The van der Waals surface area contributed by atoms with Gasteiger partial charge in [-0.1, -0.05) is 13.8 Å². The van der Waals surface area contributed by atoms with Gasteiger partial charge in [-0.05, 0) is 43.4 Å². The summed E-state index contributed by atoms with van der Waals surface area (Å²) in [6, 6.07) is 0.0901. The topological polar surface area (TPSA) is 55.1 Å². The highest BCUT2D eigenvalue weighted by Gasteiger charge is 2.42. The second kappa shape index (κ2) is 4.12. The van der Waals surface area contributed by atoms with Crippen LogP contribution in [0.3, 0.4) is 0 Å². The van der Waals surface area contributed by atoms with Crippen molar-refractivity contribution < 1.29 is 4.79 Å². The number of carbonyl (C=O) groups excluding carboxylic acids is 1. The van der Waals surface area contributed by atoms with Gasteiger partial charge in [-0.2, -0.15) is 0 Å². The SMILES string of the molecule is CC(C)[C@@H](N)C(=O)NC(C1CC1)C1CC1. The molecule has 0 aliphatic heterocycles. The number of nitrogens with one attached hydrogen (secondary N) is 1. The molecule has 3 N–H and O–H groups in total. The molecule has 2 saturated carbocycles. The van der Waals surface area contributed by atoms with Crippen LogP contribution in [-0.4, -0.2) is 18.0 Å². The van der Waals surface area contributed by atoms with Crippen molar-refractivity contribution in [2.24, 2.45) is 23.5 Å². The highest BCUT2D eigenvalue weighted by molar-refractivity contribution is 5.82. The Bertz CT molecular complexity index is 232. The fourth-order valence-corrected chi connectivity index (χ4v) is 2.09. The van der Waals surface area contributed by atoms with E-state index in [1.165, 1.54) is 25.7 Å². The predicted molar refractivity (Wildman–Crippen MR) is 60.2 cm³/mol. The van der Waals surface area contributed by atoms with E-state index < -0.39 is 0 Å². The summed E-state index contributed by atoms with van der Waals surface area (Å²) in [6.45, 7) is 3.99. The van der Waals surface area contributed by atoms with Crippen LogP contribution in [0.15, 0.2) is 0 Å². The van der Waals surface area contributed by atoms with E-state index in [4.69, 9.17) is 5.73 Å². The molecule has 1 atom stereocenters. The highest BCUT2D eigenvalue weighted by atomic mass is 16.2. The minimum absolute atomic E-state index is 0.0498. The van der Waals surface area contributed by atoms with Crippen LogP contribution in [-0.2, 0) is 4.79 Å². The number of hydrogen-bond acceptors (Lipinski definition) is 2. The molecule has 0 aromatic carbocycles. The molecule has 1 amide bonds. The Labute approximate surface area is 91.8 Å². The van der Waals surface area contributed by atoms with Crippen molar-refractivity contribution in [3.05, 3.63) is 0 Å². The van der Waals surface area contributed by atoms with E-state index >= 15 is 0 Å². The minimum atomic E-state index is -0.343. The summed E-state index contributed by atoms with van der Waals surface area (Å²) in [5.41, 5.74) is 5.84. The van der Waals surface area contributed by atoms with Gasteiger partial charge in [0.05, 0.1) is 6.04 Å². The van der Waals surface area contributed by atoms with Crippen molar-refractivity contribution in [1.82, 2.24) is 5.32 Å². The molecule has 0 aromatic rings. The molecule has 2 aliphatic carbocycles. The zero-order valence-electron chi connectivity index (χ0n) is 9.70. The van der Waals surface area contributed by atoms with Crippen LogP contribution < -0.4 is 11.1 Å². The Hall–Kier alpha value is -0.570. The van der Waals surface area contributed by atoms with Gasteiger partial charge in [0, 0.05) is 6.04 Å². The van der Waals surface area contributed by atoms with Crippen molar-refractivity contribution in [3.63, 3.8) is 0 Å². The van der Waals surface area contributed by atoms with Crippen molar-refractivity contribution in [2.45, 2.75) is 51.6 Å². The molecule has 0 heterocycles. The average molecular weight is 210 g/mol. The van der Waals surface area contributed by atoms with Gasteiger partial charge in [-0.25, -0.2) is 0 Å². The molecule has 3 heteroatoms. The second-order valence-corrected chi connectivity index (χ2v) is 5.48. The zero-order valence-corrected chi connectivity index (χ0v) is 9.70. The third kappa shape index (κ3) is 2.71. The van der Waals surface area contributed by atoms with Gasteiger partial charge in [0.1, 0.15) is 0 Å². The van der Waals surface area contributed by atoms with E-state index in [0.717, 1.165) is 11.8 Å². The normalized spacial score (nSPS) is 23.3. The molecule has 15 heavy (non-hydrogen) atoms. The molecule has 2 rings (SSSR count). The van der Waals surface area contributed by atoms with Crippen molar-refractivity contribution in [2.75, 3.05) is 0 Å². The van der Waals surface area contributed by atoms with Gasteiger partial charge in [0.25, 0.3) is 0 Å². The first-order valence-electron chi connectivity index (χ1n) is 6.15. The molecule has 2 aliphatic rings. The Morgan fingerprint density at radius 3 is 2.00 bits per heavy atom. The van der Waals surface area contributed by atoms with Crippen LogP contribution in [0.1, 0.15) is 39.5 Å². The lowest BCUT2D eigenvalue weighted by Gasteiger charge is -2.22. The summed E-state index contributed by atoms with van der Waals surface area (Å²) >= 11 is 0. The number of nitrogens with two attached hydrogens (primary N) is 1. The summed E-state index contributed by atoms with van der Waals surface area (Å²) in [7, 11) is 0. The quantitative estimate of drug-likeness (QED) is 0.718. The monoisotopic (exact) mass is 210 g/mol. The van der Waals surface area contributed by atoms with Crippen molar-refractivity contribution in [1.29, 1.82) is 0 Å². The maximum Gasteiger partial charge on any atom is 0.237 e.